The van der Waals surface area contributed by atoms with E-state index in [9.17, 15) is 4.39 Å². The molecule has 1 nitrogen and oxygen atoms in total. The monoisotopic (exact) mass is 237 g/mol. The van der Waals surface area contributed by atoms with E-state index >= 15 is 0 Å². The average Bonchev–Trinajstić information content (AvgIpc) is 2.27. The van der Waals surface area contributed by atoms with Gasteiger partial charge in [0.1, 0.15) is 5.82 Å². The van der Waals surface area contributed by atoms with E-state index in [1.54, 1.807) is 13.0 Å². The van der Waals surface area contributed by atoms with Gasteiger partial charge in [-0.05, 0) is 55.5 Å². The largest absolute Gasteiger partial charge is 0.316 e. The highest BCUT2D eigenvalue weighted by Crippen LogP contribution is 2.20. The van der Waals surface area contributed by atoms with Crippen molar-refractivity contribution < 1.29 is 4.39 Å². The maximum Gasteiger partial charge on any atom is 0.126 e. The quantitative estimate of drug-likeness (QED) is 0.740. The van der Waals surface area contributed by atoms with Crippen LogP contribution in [0.3, 0.4) is 0 Å². The average molecular weight is 237 g/mol. The Bertz CT molecular complexity index is 347. The maximum atomic E-state index is 13.4. The summed E-state index contributed by atoms with van der Waals surface area (Å²) in [6, 6.07) is 5.57. The van der Waals surface area contributed by atoms with Gasteiger partial charge in [0.15, 0.2) is 0 Å². The Morgan fingerprint density at radius 2 is 1.94 bits per heavy atom. The predicted molar refractivity (Wildman–Crippen MR) is 71.9 cm³/mol. The van der Waals surface area contributed by atoms with E-state index in [0.29, 0.717) is 11.8 Å². The van der Waals surface area contributed by atoms with E-state index in [1.165, 1.54) is 0 Å². The van der Waals surface area contributed by atoms with Crippen LogP contribution >= 0.6 is 0 Å². The van der Waals surface area contributed by atoms with Crippen LogP contribution in [0.25, 0.3) is 0 Å². The van der Waals surface area contributed by atoms with Crippen molar-refractivity contribution in [2.45, 2.75) is 40.0 Å². The van der Waals surface area contributed by atoms with Gasteiger partial charge in [-0.15, -0.1) is 0 Å². The Morgan fingerprint density at radius 1 is 1.24 bits per heavy atom. The third-order valence-corrected chi connectivity index (χ3v) is 3.07. The number of nitrogens with one attached hydrogen (secondary N) is 1. The van der Waals surface area contributed by atoms with E-state index in [-0.39, 0.29) is 5.82 Å². The van der Waals surface area contributed by atoms with Crippen LogP contribution in [0.5, 0.6) is 0 Å². The van der Waals surface area contributed by atoms with Crippen LogP contribution in [0.15, 0.2) is 18.2 Å². The molecule has 1 rings (SSSR count). The zero-order valence-corrected chi connectivity index (χ0v) is 11.4. The van der Waals surface area contributed by atoms with Crippen molar-refractivity contribution in [3.63, 3.8) is 0 Å². The summed E-state index contributed by atoms with van der Waals surface area (Å²) in [5.41, 5.74) is 1.82. The van der Waals surface area contributed by atoms with Gasteiger partial charge >= 0.3 is 0 Å². The number of rotatable bonds is 6. The molecule has 2 heteroatoms. The van der Waals surface area contributed by atoms with E-state index in [0.717, 1.165) is 30.6 Å². The van der Waals surface area contributed by atoms with E-state index in [2.05, 4.69) is 26.1 Å². The molecule has 0 bridgehead atoms. The topological polar surface area (TPSA) is 12.0 Å². The van der Waals surface area contributed by atoms with Gasteiger partial charge in [0.2, 0.25) is 0 Å². The molecule has 1 aromatic carbocycles. The molecule has 0 saturated heterocycles. The molecule has 0 aliphatic heterocycles. The lowest BCUT2D eigenvalue weighted by Crippen LogP contribution is -2.21. The summed E-state index contributed by atoms with van der Waals surface area (Å²) in [6.07, 6.45) is 1.05. The number of hydrogen-bond donors (Lipinski definition) is 1. The second-order valence-corrected chi connectivity index (χ2v) is 5.30. The summed E-state index contributed by atoms with van der Waals surface area (Å²) in [4.78, 5) is 0. The van der Waals surface area contributed by atoms with Crippen LogP contribution in [0.2, 0.25) is 0 Å². The van der Waals surface area contributed by atoms with Crippen LogP contribution < -0.4 is 5.32 Å². The first kappa shape index (κ1) is 14.2. The summed E-state index contributed by atoms with van der Waals surface area (Å²) in [5, 5.41) is 3.42. The van der Waals surface area contributed by atoms with E-state index < -0.39 is 0 Å². The number of halogens is 1. The Morgan fingerprint density at radius 3 is 2.53 bits per heavy atom. The second kappa shape index (κ2) is 6.75. The molecule has 0 amide bonds. The van der Waals surface area contributed by atoms with Crippen LogP contribution in [0.1, 0.15) is 44.2 Å². The zero-order chi connectivity index (χ0) is 12.8. The van der Waals surface area contributed by atoms with Gasteiger partial charge in [0, 0.05) is 0 Å². The van der Waals surface area contributed by atoms with Gasteiger partial charge in [-0.3, -0.25) is 0 Å². The zero-order valence-electron chi connectivity index (χ0n) is 11.4. The van der Waals surface area contributed by atoms with Crippen molar-refractivity contribution in [1.82, 2.24) is 5.32 Å². The molecule has 0 aromatic heterocycles. The normalized spacial score (nSPS) is 13.1. The van der Waals surface area contributed by atoms with Gasteiger partial charge in [-0.2, -0.15) is 0 Å². The molecule has 0 fully saturated rings. The number of benzene rings is 1. The molecule has 1 unspecified atom stereocenters. The highest BCUT2D eigenvalue weighted by Gasteiger charge is 2.07. The highest BCUT2D eigenvalue weighted by atomic mass is 19.1. The lowest BCUT2D eigenvalue weighted by molar-refractivity contribution is 0.523. The second-order valence-electron chi connectivity index (χ2n) is 5.30. The predicted octanol–water partition coefficient (Wildman–Crippen LogP) is 3.87. The first-order chi connectivity index (χ1) is 8.00. The van der Waals surface area contributed by atoms with Crippen molar-refractivity contribution in [2.24, 2.45) is 5.92 Å². The van der Waals surface area contributed by atoms with Crippen molar-refractivity contribution >= 4 is 0 Å². The van der Waals surface area contributed by atoms with Crippen molar-refractivity contribution in [3.05, 3.63) is 35.1 Å². The molecule has 0 aliphatic rings. The molecular formula is C15H24FN. The SMILES string of the molecule is Cc1ccc(C(C)CCNCC(C)C)cc1F. The Kier molecular flexibility index (Phi) is 5.63. The molecule has 96 valence electrons. The third-order valence-electron chi connectivity index (χ3n) is 3.07. The summed E-state index contributed by atoms with van der Waals surface area (Å²) < 4.78 is 13.4. The lowest BCUT2D eigenvalue weighted by atomic mass is 9.96. The third kappa shape index (κ3) is 4.86. The fourth-order valence-corrected chi connectivity index (χ4v) is 1.79. The molecule has 0 aliphatic carbocycles. The summed E-state index contributed by atoms with van der Waals surface area (Å²) in [7, 11) is 0. The molecule has 0 heterocycles. The van der Waals surface area contributed by atoms with Crippen LogP contribution in [0, 0.1) is 18.7 Å². The molecular weight excluding hydrogens is 213 g/mol. The number of aryl methyl sites for hydroxylation is 1. The minimum absolute atomic E-state index is 0.0931. The molecule has 1 aromatic rings. The van der Waals surface area contributed by atoms with Gasteiger partial charge in [0.25, 0.3) is 0 Å². The van der Waals surface area contributed by atoms with Crippen LogP contribution in [0.4, 0.5) is 4.39 Å². The number of hydrogen-bond acceptors (Lipinski definition) is 1. The van der Waals surface area contributed by atoms with Crippen molar-refractivity contribution in [1.29, 1.82) is 0 Å². The van der Waals surface area contributed by atoms with E-state index in [4.69, 9.17) is 0 Å². The summed E-state index contributed by atoms with van der Waals surface area (Å²) in [5.74, 6) is 0.997. The van der Waals surface area contributed by atoms with Crippen LogP contribution in [-0.4, -0.2) is 13.1 Å². The fraction of sp³-hybridized carbons (Fsp3) is 0.600. The Balaban J connectivity index is 2.41. The Labute approximate surface area is 104 Å². The minimum atomic E-state index is -0.0931. The van der Waals surface area contributed by atoms with Crippen molar-refractivity contribution in [2.75, 3.05) is 13.1 Å². The first-order valence-corrected chi connectivity index (χ1v) is 6.47. The minimum Gasteiger partial charge on any atom is -0.316 e. The maximum absolute atomic E-state index is 13.4. The fourth-order valence-electron chi connectivity index (χ4n) is 1.79. The van der Waals surface area contributed by atoms with Crippen LogP contribution in [-0.2, 0) is 0 Å². The van der Waals surface area contributed by atoms with E-state index in [1.807, 2.05) is 12.1 Å². The molecule has 0 saturated carbocycles. The Hall–Kier alpha value is -0.890. The van der Waals surface area contributed by atoms with Gasteiger partial charge in [-0.25, -0.2) is 4.39 Å². The smallest absolute Gasteiger partial charge is 0.126 e. The lowest BCUT2D eigenvalue weighted by Gasteiger charge is -2.14. The summed E-state index contributed by atoms with van der Waals surface area (Å²) >= 11 is 0. The van der Waals surface area contributed by atoms with Gasteiger partial charge in [0.05, 0.1) is 0 Å². The molecule has 1 N–H and O–H groups in total. The van der Waals surface area contributed by atoms with Gasteiger partial charge in [-0.1, -0.05) is 32.9 Å². The summed E-state index contributed by atoms with van der Waals surface area (Å²) in [6.45, 7) is 10.4. The highest BCUT2D eigenvalue weighted by molar-refractivity contribution is 5.25. The first-order valence-electron chi connectivity index (χ1n) is 6.47. The van der Waals surface area contributed by atoms with Gasteiger partial charge < -0.3 is 5.32 Å². The molecule has 17 heavy (non-hydrogen) atoms. The molecule has 0 radical (unpaired) electrons. The van der Waals surface area contributed by atoms with Crippen molar-refractivity contribution in [3.8, 4) is 0 Å². The molecule has 1 atom stereocenters. The molecule has 0 spiro atoms. The standard InChI is InChI=1S/C15H24FN/c1-11(2)10-17-8-7-12(3)14-6-5-13(4)15(16)9-14/h5-6,9,11-12,17H,7-8,10H2,1-4H3.